The van der Waals surface area contributed by atoms with Crippen molar-refractivity contribution in [2.75, 3.05) is 13.2 Å². The van der Waals surface area contributed by atoms with Gasteiger partial charge in [0.1, 0.15) is 37.9 Å². The van der Waals surface area contributed by atoms with E-state index in [2.05, 4.69) is 0 Å². The summed E-state index contributed by atoms with van der Waals surface area (Å²) in [5.74, 6) is 1.37. The Labute approximate surface area is 256 Å². The number of carbonyl (C=O) groups is 2. The van der Waals surface area contributed by atoms with Crippen LogP contribution in [-0.4, -0.2) is 35.4 Å². The van der Waals surface area contributed by atoms with E-state index in [0.29, 0.717) is 24.7 Å². The zero-order valence-electron chi connectivity index (χ0n) is 24.3. The van der Waals surface area contributed by atoms with Crippen LogP contribution >= 0.6 is 0 Å². The smallest absolute Gasteiger partial charge is 0.339 e. The number of nitrogens with zero attached hydrogens (tertiary/aromatic N) is 2. The number of amides is 4. The van der Waals surface area contributed by atoms with E-state index >= 15 is 0 Å². The lowest BCUT2D eigenvalue weighted by atomic mass is 10.2. The van der Waals surface area contributed by atoms with Crippen molar-refractivity contribution >= 4 is 12.1 Å². The zero-order valence-corrected chi connectivity index (χ0v) is 24.3. The van der Waals surface area contributed by atoms with Gasteiger partial charge >= 0.3 is 12.1 Å². The molecule has 0 saturated heterocycles. The minimum absolute atomic E-state index is 0.214. The molecular formula is C34H36N4O6. The minimum atomic E-state index is -0.664. The molecule has 0 fully saturated rings. The van der Waals surface area contributed by atoms with Gasteiger partial charge in [-0.3, -0.25) is 9.68 Å². The Bertz CT molecular complexity index is 1350. The van der Waals surface area contributed by atoms with E-state index in [0.717, 1.165) is 32.4 Å². The van der Waals surface area contributed by atoms with E-state index in [9.17, 15) is 9.59 Å². The number of benzene rings is 4. The second kappa shape index (κ2) is 17.0. The highest BCUT2D eigenvalue weighted by Crippen LogP contribution is 2.16. The molecule has 10 heteroatoms. The molecule has 0 aliphatic rings. The van der Waals surface area contributed by atoms with Crippen LogP contribution in [0.5, 0.6) is 11.5 Å². The van der Waals surface area contributed by atoms with Crippen molar-refractivity contribution in [2.24, 2.45) is 11.5 Å². The number of hydrogen-bond acceptors (Lipinski definition) is 6. The van der Waals surface area contributed by atoms with Crippen LogP contribution in [0.1, 0.15) is 22.3 Å². The molecule has 228 valence electrons. The summed E-state index contributed by atoms with van der Waals surface area (Å²) in [7, 11) is 0. The average molecular weight is 597 g/mol. The molecule has 4 aromatic carbocycles. The Hall–Kier alpha value is -5.32. The molecule has 44 heavy (non-hydrogen) atoms. The fourth-order valence-corrected chi connectivity index (χ4v) is 3.97. The van der Waals surface area contributed by atoms with Crippen LogP contribution in [0, 0.1) is 0 Å². The molecule has 0 aromatic heterocycles. The van der Waals surface area contributed by atoms with Gasteiger partial charge in [-0.1, -0.05) is 84.9 Å². The van der Waals surface area contributed by atoms with Crippen molar-refractivity contribution in [2.45, 2.75) is 26.3 Å². The van der Waals surface area contributed by atoms with E-state index in [4.69, 9.17) is 30.6 Å². The van der Waals surface area contributed by atoms with Gasteiger partial charge in [-0.15, -0.1) is 0 Å². The Kier molecular flexibility index (Phi) is 12.2. The van der Waals surface area contributed by atoms with Crippen LogP contribution in [0.25, 0.3) is 0 Å². The van der Waals surface area contributed by atoms with Crippen LogP contribution in [0.15, 0.2) is 121 Å². The average Bonchev–Trinajstić information content (AvgIpc) is 3.05. The third-order valence-corrected chi connectivity index (χ3v) is 6.31. The van der Waals surface area contributed by atoms with Gasteiger partial charge in [-0.05, 0) is 58.7 Å². The maximum atomic E-state index is 11.8. The molecule has 4 aromatic rings. The van der Waals surface area contributed by atoms with Gasteiger partial charge in [0.05, 0.1) is 13.1 Å². The van der Waals surface area contributed by atoms with Gasteiger partial charge in [0.15, 0.2) is 0 Å². The first-order valence-electron chi connectivity index (χ1n) is 14.0. The summed E-state index contributed by atoms with van der Waals surface area (Å²) in [6, 6.07) is 32.5. The number of hydrogen-bond donors (Lipinski definition) is 2. The standard InChI is InChI=1S/C34H36N4O6/c35-33(39)37(43-25-29-9-3-1-4-10-29)23-27-13-17-31(18-14-27)41-21-7-8-22-42-32-19-15-28(16-20-32)24-38(34(36)40)44-26-30-11-5-2-6-12-30/h1-20H,21-26H2,(H2,35,39)(H2,36,40)/b8-7-. The maximum Gasteiger partial charge on any atom is 0.339 e. The molecule has 0 radical (unpaired) electrons. The second-order valence-corrected chi connectivity index (χ2v) is 9.65. The third kappa shape index (κ3) is 10.8. The van der Waals surface area contributed by atoms with Gasteiger partial charge in [0, 0.05) is 0 Å². The van der Waals surface area contributed by atoms with Crippen LogP contribution in [0.3, 0.4) is 0 Å². The van der Waals surface area contributed by atoms with Crippen molar-refractivity contribution in [1.29, 1.82) is 0 Å². The summed E-state index contributed by atoms with van der Waals surface area (Å²) in [5, 5.41) is 2.27. The lowest BCUT2D eigenvalue weighted by Gasteiger charge is -2.20. The van der Waals surface area contributed by atoms with E-state index < -0.39 is 12.1 Å². The number of ether oxygens (including phenoxy) is 2. The molecule has 0 saturated carbocycles. The van der Waals surface area contributed by atoms with Crippen LogP contribution in [-0.2, 0) is 36.0 Å². The molecule has 0 bridgehead atoms. The van der Waals surface area contributed by atoms with E-state index in [1.165, 1.54) is 0 Å². The number of nitrogens with two attached hydrogens (primary N) is 2. The quantitative estimate of drug-likeness (QED) is 0.126. The first-order valence-corrected chi connectivity index (χ1v) is 14.0. The predicted molar refractivity (Wildman–Crippen MR) is 166 cm³/mol. The van der Waals surface area contributed by atoms with Crippen molar-refractivity contribution in [3.63, 3.8) is 0 Å². The first kappa shape index (κ1) is 31.6. The van der Waals surface area contributed by atoms with Gasteiger partial charge in [0.25, 0.3) is 0 Å². The minimum Gasteiger partial charge on any atom is -0.490 e. The Balaban J connectivity index is 1.14. The largest absolute Gasteiger partial charge is 0.490 e. The molecular weight excluding hydrogens is 560 g/mol. The molecule has 0 heterocycles. The van der Waals surface area contributed by atoms with E-state index in [-0.39, 0.29) is 26.3 Å². The first-order chi connectivity index (χ1) is 21.5. The Morgan fingerprint density at radius 2 is 0.886 bits per heavy atom. The summed E-state index contributed by atoms with van der Waals surface area (Å²) in [6.07, 6.45) is 3.73. The third-order valence-electron chi connectivity index (χ3n) is 6.31. The van der Waals surface area contributed by atoms with Crippen molar-refractivity contribution in [3.8, 4) is 11.5 Å². The lowest BCUT2D eigenvalue weighted by molar-refractivity contribution is -0.132. The molecule has 0 aliphatic carbocycles. The van der Waals surface area contributed by atoms with Crippen LogP contribution < -0.4 is 20.9 Å². The summed E-state index contributed by atoms with van der Waals surface area (Å²) >= 11 is 0. The van der Waals surface area contributed by atoms with Crippen molar-refractivity contribution < 1.29 is 28.7 Å². The van der Waals surface area contributed by atoms with Crippen molar-refractivity contribution in [1.82, 2.24) is 10.1 Å². The van der Waals surface area contributed by atoms with Gasteiger partial charge < -0.3 is 20.9 Å². The Morgan fingerprint density at radius 3 is 1.23 bits per heavy atom. The summed E-state index contributed by atoms with van der Waals surface area (Å²) < 4.78 is 11.5. The van der Waals surface area contributed by atoms with Gasteiger partial charge in [0.2, 0.25) is 0 Å². The second-order valence-electron chi connectivity index (χ2n) is 9.65. The van der Waals surface area contributed by atoms with Crippen molar-refractivity contribution in [3.05, 3.63) is 144 Å². The molecule has 0 aliphatic heterocycles. The summed E-state index contributed by atoms with van der Waals surface area (Å²) in [4.78, 5) is 34.8. The molecule has 0 atom stereocenters. The van der Waals surface area contributed by atoms with E-state index in [1.54, 1.807) is 0 Å². The molecule has 10 nitrogen and oxygen atoms in total. The lowest BCUT2D eigenvalue weighted by Crippen LogP contribution is -2.35. The number of primary amides is 2. The molecule has 4 N–H and O–H groups in total. The number of rotatable bonds is 16. The van der Waals surface area contributed by atoms with Gasteiger partial charge in [-0.2, -0.15) is 10.1 Å². The van der Waals surface area contributed by atoms with E-state index in [1.807, 2.05) is 121 Å². The molecule has 4 rings (SSSR count). The van der Waals surface area contributed by atoms with Crippen LogP contribution in [0.4, 0.5) is 9.59 Å². The molecule has 4 amide bonds. The highest BCUT2D eigenvalue weighted by molar-refractivity contribution is 5.71. The SMILES string of the molecule is NC(=O)N(Cc1ccc(OC/C=C\COc2ccc(CN(OCc3ccccc3)C(N)=O)cc2)cc1)OCc1ccccc1. The highest BCUT2D eigenvalue weighted by Gasteiger charge is 2.13. The molecule has 0 spiro atoms. The zero-order chi connectivity index (χ0) is 31.0. The number of carbonyl (C=O) groups excluding carboxylic acids is 2. The van der Waals surface area contributed by atoms with Gasteiger partial charge in [-0.25, -0.2) is 9.59 Å². The monoisotopic (exact) mass is 596 g/mol. The Morgan fingerprint density at radius 1 is 0.523 bits per heavy atom. The number of hydroxylamine groups is 4. The fourth-order valence-electron chi connectivity index (χ4n) is 3.97. The topological polar surface area (TPSA) is 130 Å². The fraction of sp³-hybridized carbons (Fsp3) is 0.176. The normalized spacial score (nSPS) is 10.8. The van der Waals surface area contributed by atoms with Crippen LogP contribution in [0.2, 0.25) is 0 Å². The predicted octanol–water partition coefficient (Wildman–Crippen LogP) is 5.73. The number of urea groups is 2. The summed E-state index contributed by atoms with van der Waals surface area (Å²) in [5.41, 5.74) is 14.5. The summed E-state index contributed by atoms with van der Waals surface area (Å²) in [6.45, 7) is 1.64. The highest BCUT2D eigenvalue weighted by atomic mass is 16.7. The molecule has 0 unspecified atom stereocenters. The maximum absolute atomic E-state index is 11.8.